The number of hydrogen-bond acceptors (Lipinski definition) is 6. The van der Waals surface area contributed by atoms with Crippen molar-refractivity contribution in [2.24, 2.45) is 0 Å². The molecule has 1 amide bonds. The zero-order chi connectivity index (χ0) is 24.1. The van der Waals surface area contributed by atoms with Crippen LogP contribution in [0.1, 0.15) is 11.1 Å². The van der Waals surface area contributed by atoms with Gasteiger partial charge in [-0.15, -0.1) is 0 Å². The van der Waals surface area contributed by atoms with E-state index in [0.29, 0.717) is 34.4 Å². The predicted octanol–water partition coefficient (Wildman–Crippen LogP) is 5.68. The number of methoxy groups -OCH3 is 2. The molecule has 0 bridgehead atoms. The molecule has 0 saturated heterocycles. The number of ether oxygens (including phenoxy) is 4. The molecular formula is C27H26N2O5. The van der Waals surface area contributed by atoms with Gasteiger partial charge in [0.15, 0.2) is 18.1 Å². The van der Waals surface area contributed by atoms with Crippen LogP contribution in [0.5, 0.6) is 28.7 Å². The fourth-order valence-electron chi connectivity index (χ4n) is 3.56. The van der Waals surface area contributed by atoms with Crippen LogP contribution < -0.4 is 24.3 Å². The lowest BCUT2D eigenvalue weighted by Gasteiger charge is -2.14. The van der Waals surface area contributed by atoms with E-state index in [0.717, 1.165) is 22.0 Å². The molecule has 0 aliphatic rings. The Morgan fingerprint density at radius 3 is 2.32 bits per heavy atom. The summed E-state index contributed by atoms with van der Waals surface area (Å²) in [5.41, 5.74) is 3.23. The van der Waals surface area contributed by atoms with E-state index in [1.807, 2.05) is 62.4 Å². The lowest BCUT2D eigenvalue weighted by atomic mass is 10.1. The number of aromatic nitrogens is 1. The number of rotatable bonds is 8. The Kier molecular flexibility index (Phi) is 6.82. The Morgan fingerprint density at radius 1 is 0.824 bits per heavy atom. The Bertz CT molecular complexity index is 1340. The summed E-state index contributed by atoms with van der Waals surface area (Å²) in [5, 5.41) is 3.66. The van der Waals surface area contributed by atoms with Gasteiger partial charge in [-0.05, 0) is 61.4 Å². The van der Waals surface area contributed by atoms with Crippen molar-refractivity contribution in [2.45, 2.75) is 13.8 Å². The molecule has 0 unspecified atom stereocenters. The van der Waals surface area contributed by atoms with Crippen molar-refractivity contribution in [1.82, 2.24) is 4.98 Å². The molecule has 0 radical (unpaired) electrons. The molecule has 1 heterocycles. The van der Waals surface area contributed by atoms with E-state index in [4.69, 9.17) is 18.9 Å². The van der Waals surface area contributed by atoms with Gasteiger partial charge in [0, 0.05) is 23.3 Å². The van der Waals surface area contributed by atoms with Gasteiger partial charge in [0.05, 0.1) is 19.7 Å². The van der Waals surface area contributed by atoms with E-state index in [9.17, 15) is 4.79 Å². The quantitative estimate of drug-likeness (QED) is 0.366. The van der Waals surface area contributed by atoms with Gasteiger partial charge in [-0.1, -0.05) is 18.2 Å². The summed E-state index contributed by atoms with van der Waals surface area (Å²) in [6.07, 6.45) is 1.68. The second kappa shape index (κ2) is 10.1. The van der Waals surface area contributed by atoms with E-state index in [1.165, 1.54) is 0 Å². The standard InChI is InChI=1S/C27H26N2O5/c1-17-7-5-6-8-22(17)33-16-27(30)29-19-9-10-23(18(2)13-19)34-24-11-12-28-21-15-26(32-4)25(31-3)14-20(21)24/h5-15H,16H2,1-4H3,(H,29,30). The van der Waals surface area contributed by atoms with Crippen LogP contribution in [0.2, 0.25) is 0 Å². The number of aryl methyl sites for hydroxylation is 2. The number of amides is 1. The van der Waals surface area contributed by atoms with Gasteiger partial charge in [0.2, 0.25) is 0 Å². The first-order valence-corrected chi connectivity index (χ1v) is 10.8. The zero-order valence-corrected chi connectivity index (χ0v) is 19.5. The number of anilines is 1. The van der Waals surface area contributed by atoms with Gasteiger partial charge in [0.1, 0.15) is 17.2 Å². The third kappa shape index (κ3) is 5.04. The molecule has 1 N–H and O–H groups in total. The van der Waals surface area contributed by atoms with Crippen molar-refractivity contribution in [2.75, 3.05) is 26.1 Å². The van der Waals surface area contributed by atoms with Crippen LogP contribution in [0.3, 0.4) is 0 Å². The maximum absolute atomic E-state index is 12.3. The third-order valence-electron chi connectivity index (χ3n) is 5.34. The first-order chi connectivity index (χ1) is 16.5. The summed E-state index contributed by atoms with van der Waals surface area (Å²) in [4.78, 5) is 16.8. The van der Waals surface area contributed by atoms with Crippen LogP contribution >= 0.6 is 0 Å². The number of para-hydroxylation sites is 1. The van der Waals surface area contributed by atoms with Gasteiger partial charge < -0.3 is 24.3 Å². The molecule has 1 aromatic heterocycles. The van der Waals surface area contributed by atoms with Crippen molar-refractivity contribution < 1.29 is 23.7 Å². The maximum atomic E-state index is 12.3. The maximum Gasteiger partial charge on any atom is 0.262 e. The van der Waals surface area contributed by atoms with Crippen molar-refractivity contribution in [3.63, 3.8) is 0 Å². The highest BCUT2D eigenvalue weighted by molar-refractivity contribution is 5.92. The molecule has 0 spiro atoms. The van der Waals surface area contributed by atoms with E-state index in [-0.39, 0.29) is 12.5 Å². The topological polar surface area (TPSA) is 78.9 Å². The number of fused-ring (bicyclic) bond motifs is 1. The molecule has 7 heteroatoms. The van der Waals surface area contributed by atoms with Crippen LogP contribution in [-0.2, 0) is 4.79 Å². The number of nitrogens with zero attached hydrogens (tertiary/aromatic N) is 1. The first kappa shape index (κ1) is 22.9. The van der Waals surface area contributed by atoms with E-state index >= 15 is 0 Å². The van der Waals surface area contributed by atoms with Crippen LogP contribution in [0.15, 0.2) is 66.9 Å². The highest BCUT2D eigenvalue weighted by atomic mass is 16.5. The van der Waals surface area contributed by atoms with Gasteiger partial charge >= 0.3 is 0 Å². The number of carbonyl (C=O) groups excluding carboxylic acids is 1. The summed E-state index contributed by atoms with van der Waals surface area (Å²) in [5.74, 6) is 2.95. The molecule has 174 valence electrons. The van der Waals surface area contributed by atoms with Crippen molar-refractivity contribution >= 4 is 22.5 Å². The van der Waals surface area contributed by atoms with Gasteiger partial charge in [-0.2, -0.15) is 0 Å². The fraction of sp³-hybridized carbons (Fsp3) is 0.185. The SMILES string of the molecule is COc1cc2nccc(Oc3ccc(NC(=O)COc4ccccc4C)cc3C)c2cc1OC. The summed E-state index contributed by atoms with van der Waals surface area (Å²) < 4.78 is 22.6. The van der Waals surface area contributed by atoms with Crippen LogP contribution in [0, 0.1) is 13.8 Å². The summed E-state index contributed by atoms with van der Waals surface area (Å²) >= 11 is 0. The Hall–Kier alpha value is -4.26. The molecule has 0 aliphatic carbocycles. The minimum Gasteiger partial charge on any atom is -0.493 e. The molecule has 7 nitrogen and oxygen atoms in total. The van der Waals surface area contributed by atoms with E-state index in [1.54, 1.807) is 32.5 Å². The second-order valence-corrected chi connectivity index (χ2v) is 7.72. The minimum atomic E-state index is -0.238. The largest absolute Gasteiger partial charge is 0.493 e. The first-order valence-electron chi connectivity index (χ1n) is 10.8. The molecule has 34 heavy (non-hydrogen) atoms. The van der Waals surface area contributed by atoms with Gasteiger partial charge in [0.25, 0.3) is 5.91 Å². The Morgan fingerprint density at radius 2 is 1.59 bits per heavy atom. The monoisotopic (exact) mass is 458 g/mol. The van der Waals surface area contributed by atoms with Crippen molar-refractivity contribution in [3.8, 4) is 28.7 Å². The van der Waals surface area contributed by atoms with E-state index in [2.05, 4.69) is 10.3 Å². The van der Waals surface area contributed by atoms with Crippen LogP contribution in [0.25, 0.3) is 10.9 Å². The molecular weight excluding hydrogens is 432 g/mol. The molecule has 4 rings (SSSR count). The summed E-state index contributed by atoms with van der Waals surface area (Å²) in [6.45, 7) is 3.78. The number of nitrogens with one attached hydrogen (secondary N) is 1. The minimum absolute atomic E-state index is 0.0730. The lowest BCUT2D eigenvalue weighted by Crippen LogP contribution is -2.20. The van der Waals surface area contributed by atoms with Crippen LogP contribution in [-0.4, -0.2) is 31.7 Å². The second-order valence-electron chi connectivity index (χ2n) is 7.72. The smallest absolute Gasteiger partial charge is 0.262 e. The Labute approximate surface area is 198 Å². The molecule has 0 aliphatic heterocycles. The lowest BCUT2D eigenvalue weighted by molar-refractivity contribution is -0.118. The molecule has 3 aromatic carbocycles. The normalized spacial score (nSPS) is 10.6. The fourth-order valence-corrected chi connectivity index (χ4v) is 3.56. The van der Waals surface area contributed by atoms with Crippen molar-refractivity contribution in [3.05, 3.63) is 78.0 Å². The van der Waals surface area contributed by atoms with E-state index < -0.39 is 0 Å². The number of pyridine rings is 1. The van der Waals surface area contributed by atoms with Gasteiger partial charge in [-0.3, -0.25) is 9.78 Å². The summed E-state index contributed by atoms with van der Waals surface area (Å²) in [6, 6.07) is 18.5. The summed E-state index contributed by atoms with van der Waals surface area (Å²) in [7, 11) is 3.17. The zero-order valence-electron chi connectivity index (χ0n) is 19.5. The van der Waals surface area contributed by atoms with Crippen molar-refractivity contribution in [1.29, 1.82) is 0 Å². The highest BCUT2D eigenvalue weighted by Gasteiger charge is 2.13. The molecule has 0 atom stereocenters. The highest BCUT2D eigenvalue weighted by Crippen LogP contribution is 2.37. The third-order valence-corrected chi connectivity index (χ3v) is 5.34. The average Bonchev–Trinajstić information content (AvgIpc) is 2.84. The number of carbonyl (C=O) groups is 1. The predicted molar refractivity (Wildman–Crippen MR) is 131 cm³/mol. The van der Waals surface area contributed by atoms with Gasteiger partial charge in [-0.25, -0.2) is 0 Å². The number of hydrogen-bond donors (Lipinski definition) is 1. The number of benzene rings is 3. The average molecular weight is 459 g/mol. The Balaban J connectivity index is 1.48. The van der Waals surface area contributed by atoms with Crippen LogP contribution in [0.4, 0.5) is 5.69 Å². The molecule has 0 saturated carbocycles. The molecule has 0 fully saturated rings. The molecule has 4 aromatic rings.